The van der Waals surface area contributed by atoms with E-state index in [0.29, 0.717) is 6.04 Å². The fraction of sp³-hybridized carbons (Fsp3) is 0.636. The van der Waals surface area contributed by atoms with Crippen molar-refractivity contribution in [1.82, 2.24) is 5.32 Å². The van der Waals surface area contributed by atoms with Crippen molar-refractivity contribution in [3.63, 3.8) is 0 Å². The molecule has 1 atom stereocenters. The van der Waals surface area contributed by atoms with Crippen LogP contribution in [-0.2, 0) is 0 Å². The zero-order valence-corrected chi connectivity index (χ0v) is 9.16. The Hall–Kier alpha value is -0.340. The second kappa shape index (κ2) is 3.81. The Kier molecular flexibility index (Phi) is 2.70. The molecule has 0 saturated heterocycles. The van der Waals surface area contributed by atoms with E-state index < -0.39 is 0 Å². The quantitative estimate of drug-likeness (QED) is 0.778. The third-order valence-corrected chi connectivity index (χ3v) is 3.76. The number of nitrogens with one attached hydrogen (secondary N) is 1. The summed E-state index contributed by atoms with van der Waals surface area (Å²) in [6, 6.07) is 0.596. The highest BCUT2D eigenvalue weighted by Gasteiger charge is 2.26. The smallest absolute Gasteiger partial charge is 0.0331 e. The van der Waals surface area contributed by atoms with Gasteiger partial charge in [-0.25, -0.2) is 0 Å². The lowest BCUT2D eigenvalue weighted by Crippen LogP contribution is -2.17. The van der Waals surface area contributed by atoms with Crippen LogP contribution in [0.1, 0.15) is 36.4 Å². The summed E-state index contributed by atoms with van der Waals surface area (Å²) in [6.07, 6.45) is 4.22. The SMILES string of the molecule is CNC(CC1CC1)c1cscc1C. The van der Waals surface area contributed by atoms with Gasteiger partial charge in [0.15, 0.2) is 0 Å². The highest BCUT2D eigenvalue weighted by Crippen LogP contribution is 2.38. The van der Waals surface area contributed by atoms with Gasteiger partial charge in [0.25, 0.3) is 0 Å². The minimum atomic E-state index is 0.596. The van der Waals surface area contributed by atoms with Gasteiger partial charge in [0.05, 0.1) is 0 Å². The molecule has 1 aromatic rings. The summed E-state index contributed by atoms with van der Waals surface area (Å²) in [5.41, 5.74) is 2.96. The van der Waals surface area contributed by atoms with E-state index in [-0.39, 0.29) is 0 Å². The van der Waals surface area contributed by atoms with Gasteiger partial charge in [-0.1, -0.05) is 12.8 Å². The number of rotatable bonds is 4. The fourth-order valence-corrected chi connectivity index (χ4v) is 2.72. The van der Waals surface area contributed by atoms with Crippen LogP contribution in [0, 0.1) is 12.8 Å². The van der Waals surface area contributed by atoms with Crippen molar-refractivity contribution in [2.24, 2.45) is 5.92 Å². The maximum absolute atomic E-state index is 3.42. The van der Waals surface area contributed by atoms with Crippen molar-refractivity contribution in [2.75, 3.05) is 7.05 Å². The molecule has 1 aliphatic rings. The summed E-state index contributed by atoms with van der Waals surface area (Å²) < 4.78 is 0. The molecular formula is C11H17NS. The van der Waals surface area contributed by atoms with Gasteiger partial charge in [-0.05, 0) is 48.2 Å². The van der Waals surface area contributed by atoms with Gasteiger partial charge >= 0.3 is 0 Å². The van der Waals surface area contributed by atoms with Crippen LogP contribution in [0.5, 0.6) is 0 Å². The third-order valence-electron chi connectivity index (χ3n) is 2.89. The van der Waals surface area contributed by atoms with Gasteiger partial charge in [0.1, 0.15) is 0 Å². The van der Waals surface area contributed by atoms with Gasteiger partial charge in [-0.15, -0.1) is 0 Å². The molecule has 2 rings (SSSR count). The Labute approximate surface area is 84.2 Å². The third kappa shape index (κ3) is 2.12. The van der Waals surface area contributed by atoms with Crippen LogP contribution in [0.15, 0.2) is 10.8 Å². The predicted octanol–water partition coefficient (Wildman–Crippen LogP) is 3.12. The molecule has 0 aromatic carbocycles. The molecule has 1 saturated carbocycles. The minimum Gasteiger partial charge on any atom is -0.313 e. The van der Waals surface area contributed by atoms with E-state index in [9.17, 15) is 0 Å². The molecule has 1 aliphatic carbocycles. The topological polar surface area (TPSA) is 12.0 Å². The molecule has 1 heterocycles. The van der Waals surface area contributed by atoms with Crippen molar-refractivity contribution < 1.29 is 0 Å². The van der Waals surface area contributed by atoms with Crippen LogP contribution in [0.3, 0.4) is 0 Å². The van der Waals surface area contributed by atoms with Crippen molar-refractivity contribution in [3.8, 4) is 0 Å². The molecule has 1 fully saturated rings. The van der Waals surface area contributed by atoms with Crippen LogP contribution >= 0.6 is 11.3 Å². The molecule has 13 heavy (non-hydrogen) atoms. The largest absolute Gasteiger partial charge is 0.313 e. The first kappa shape index (κ1) is 9.22. The lowest BCUT2D eigenvalue weighted by atomic mass is 10.0. The number of thiophene rings is 1. The van der Waals surface area contributed by atoms with E-state index in [4.69, 9.17) is 0 Å². The molecular weight excluding hydrogens is 178 g/mol. The molecule has 1 aromatic heterocycles. The molecule has 0 aliphatic heterocycles. The van der Waals surface area contributed by atoms with Crippen LogP contribution < -0.4 is 5.32 Å². The molecule has 1 nitrogen and oxygen atoms in total. The molecule has 1 unspecified atom stereocenters. The number of hydrogen-bond acceptors (Lipinski definition) is 2. The molecule has 0 radical (unpaired) electrons. The second-order valence-corrected chi connectivity index (χ2v) is 4.77. The van der Waals surface area contributed by atoms with Crippen LogP contribution in [0.2, 0.25) is 0 Å². The summed E-state index contributed by atoms with van der Waals surface area (Å²) in [7, 11) is 2.07. The van der Waals surface area contributed by atoms with Gasteiger partial charge in [0.2, 0.25) is 0 Å². The summed E-state index contributed by atoms with van der Waals surface area (Å²) >= 11 is 1.82. The fourth-order valence-electron chi connectivity index (χ4n) is 1.81. The standard InChI is InChI=1S/C11H17NS/c1-8-6-13-7-10(8)11(12-2)5-9-3-4-9/h6-7,9,11-12H,3-5H2,1-2H3. The Balaban J connectivity index is 2.06. The van der Waals surface area contributed by atoms with Crippen molar-refractivity contribution in [3.05, 3.63) is 21.9 Å². The van der Waals surface area contributed by atoms with Gasteiger partial charge in [-0.2, -0.15) is 11.3 Å². The predicted molar refractivity (Wildman–Crippen MR) is 58.2 cm³/mol. The van der Waals surface area contributed by atoms with Crippen LogP contribution in [-0.4, -0.2) is 7.05 Å². The Bertz CT molecular complexity index is 275. The summed E-state index contributed by atoms with van der Waals surface area (Å²) in [6.45, 7) is 2.21. The van der Waals surface area contributed by atoms with E-state index in [1.165, 1.54) is 30.4 Å². The molecule has 0 amide bonds. The monoisotopic (exact) mass is 195 g/mol. The van der Waals surface area contributed by atoms with Crippen LogP contribution in [0.4, 0.5) is 0 Å². The minimum absolute atomic E-state index is 0.596. The zero-order chi connectivity index (χ0) is 9.26. The highest BCUT2D eigenvalue weighted by atomic mass is 32.1. The van der Waals surface area contributed by atoms with Crippen molar-refractivity contribution in [1.29, 1.82) is 0 Å². The normalized spacial score (nSPS) is 18.9. The Morgan fingerprint density at radius 1 is 1.54 bits per heavy atom. The maximum atomic E-state index is 3.42. The van der Waals surface area contributed by atoms with Crippen molar-refractivity contribution >= 4 is 11.3 Å². The first-order chi connectivity index (χ1) is 6.31. The van der Waals surface area contributed by atoms with Gasteiger partial charge in [0, 0.05) is 6.04 Å². The lowest BCUT2D eigenvalue weighted by molar-refractivity contribution is 0.514. The molecule has 72 valence electrons. The van der Waals surface area contributed by atoms with E-state index in [2.05, 4.69) is 30.0 Å². The van der Waals surface area contributed by atoms with Gasteiger partial charge in [-0.3, -0.25) is 0 Å². The number of aryl methyl sites for hydroxylation is 1. The summed E-state index contributed by atoms with van der Waals surface area (Å²) in [5.74, 6) is 0.997. The van der Waals surface area contributed by atoms with Crippen LogP contribution in [0.25, 0.3) is 0 Å². The Morgan fingerprint density at radius 2 is 2.31 bits per heavy atom. The first-order valence-electron chi connectivity index (χ1n) is 5.01. The maximum Gasteiger partial charge on any atom is 0.0331 e. The zero-order valence-electron chi connectivity index (χ0n) is 8.34. The van der Waals surface area contributed by atoms with Gasteiger partial charge < -0.3 is 5.32 Å². The average Bonchev–Trinajstić information content (AvgIpc) is 2.85. The lowest BCUT2D eigenvalue weighted by Gasteiger charge is -2.15. The van der Waals surface area contributed by atoms with Crippen molar-refractivity contribution in [2.45, 2.75) is 32.2 Å². The Morgan fingerprint density at radius 3 is 2.77 bits per heavy atom. The number of hydrogen-bond donors (Lipinski definition) is 1. The second-order valence-electron chi connectivity index (χ2n) is 4.03. The molecule has 1 N–H and O–H groups in total. The summed E-state index contributed by atoms with van der Waals surface area (Å²) in [4.78, 5) is 0. The molecule has 0 spiro atoms. The average molecular weight is 195 g/mol. The summed E-state index contributed by atoms with van der Waals surface area (Å²) in [5, 5.41) is 7.96. The molecule has 2 heteroatoms. The van der Waals surface area contributed by atoms with E-state index in [1.807, 2.05) is 11.3 Å². The van der Waals surface area contributed by atoms with E-state index in [1.54, 1.807) is 0 Å². The van der Waals surface area contributed by atoms with E-state index in [0.717, 1.165) is 5.92 Å². The first-order valence-corrected chi connectivity index (χ1v) is 5.95. The highest BCUT2D eigenvalue weighted by molar-refractivity contribution is 7.08. The van der Waals surface area contributed by atoms with E-state index >= 15 is 0 Å². The molecule has 0 bridgehead atoms.